The maximum atomic E-state index is 7.32. The molecule has 4 aromatic heterocycles. The number of aromatic nitrogens is 6. The van der Waals surface area contributed by atoms with E-state index in [1.807, 2.05) is 39.7 Å². The number of hydrogen-bond donors (Lipinski definition) is 1. The first-order valence-corrected chi connectivity index (χ1v) is 14.0. The number of ether oxygens (including phenoxy) is 1. The Morgan fingerprint density at radius 3 is 2.41 bits per heavy atom. The zero-order valence-electron chi connectivity index (χ0n) is 24.0. The highest BCUT2D eigenvalue weighted by molar-refractivity contribution is 5.98. The lowest BCUT2D eigenvalue weighted by Crippen LogP contribution is -2.35. The van der Waals surface area contributed by atoms with Gasteiger partial charge in [-0.3, -0.25) is 9.67 Å². The lowest BCUT2D eigenvalue weighted by Gasteiger charge is -2.36. The van der Waals surface area contributed by atoms with Crippen LogP contribution in [-0.4, -0.2) is 49.6 Å². The molecule has 4 heterocycles. The third-order valence-electron chi connectivity index (χ3n) is 7.49. The van der Waals surface area contributed by atoms with Crippen molar-refractivity contribution in [3.63, 3.8) is 0 Å². The molecular formula is C32H36N8O. The van der Waals surface area contributed by atoms with Gasteiger partial charge in [0.2, 0.25) is 5.82 Å². The second-order valence-electron chi connectivity index (χ2n) is 10.5. The van der Waals surface area contributed by atoms with Crippen molar-refractivity contribution in [2.75, 3.05) is 25.6 Å². The quantitative estimate of drug-likeness (QED) is 0.224. The number of pyridine rings is 1. The van der Waals surface area contributed by atoms with Crippen molar-refractivity contribution in [1.82, 2.24) is 29.4 Å². The predicted octanol–water partition coefficient (Wildman–Crippen LogP) is 6.52. The van der Waals surface area contributed by atoms with E-state index in [-0.39, 0.29) is 6.04 Å². The fourth-order valence-corrected chi connectivity index (χ4v) is 5.24. The maximum Gasteiger partial charge on any atom is 0.200 e. The van der Waals surface area contributed by atoms with Gasteiger partial charge in [0.25, 0.3) is 0 Å². The van der Waals surface area contributed by atoms with Crippen LogP contribution in [0.2, 0.25) is 0 Å². The molecule has 2 unspecified atom stereocenters. The van der Waals surface area contributed by atoms with E-state index in [1.165, 1.54) is 19.8 Å². The van der Waals surface area contributed by atoms with Gasteiger partial charge in [-0.25, -0.2) is 9.50 Å². The lowest BCUT2D eigenvalue weighted by molar-refractivity contribution is 0.0658. The highest BCUT2D eigenvalue weighted by Crippen LogP contribution is 2.40. The fourth-order valence-electron chi connectivity index (χ4n) is 5.24. The van der Waals surface area contributed by atoms with E-state index >= 15 is 0 Å². The molecule has 0 amide bonds. The Morgan fingerprint density at radius 1 is 1.02 bits per heavy atom. The van der Waals surface area contributed by atoms with Crippen molar-refractivity contribution < 1.29 is 4.74 Å². The number of nitrogens with one attached hydrogen (secondary N) is 1. The minimum Gasteiger partial charge on any atom is -0.384 e. The summed E-state index contributed by atoms with van der Waals surface area (Å²) in [7, 11) is 1.78. The summed E-state index contributed by atoms with van der Waals surface area (Å²) >= 11 is 0. The van der Waals surface area contributed by atoms with Crippen molar-refractivity contribution in [1.29, 1.82) is 5.26 Å². The molecular weight excluding hydrogens is 512 g/mol. The molecule has 0 aliphatic heterocycles. The molecule has 0 spiro atoms. The summed E-state index contributed by atoms with van der Waals surface area (Å²) in [5.41, 5.74) is 5.77. The number of hydrogen-bond acceptors (Lipinski definition) is 7. The summed E-state index contributed by atoms with van der Waals surface area (Å²) in [4.78, 5) is 9.56. The maximum absolute atomic E-state index is 7.32. The van der Waals surface area contributed by atoms with Crippen LogP contribution in [0.5, 0.6) is 0 Å². The molecule has 1 aliphatic carbocycles. The topological polar surface area (TPSA) is 106 Å². The van der Waals surface area contributed by atoms with Gasteiger partial charge in [0.1, 0.15) is 11.2 Å². The van der Waals surface area contributed by atoms with Gasteiger partial charge in [-0.2, -0.15) is 10.4 Å². The monoisotopic (exact) mass is 548 g/mol. The van der Waals surface area contributed by atoms with Crippen LogP contribution in [-0.2, 0) is 4.74 Å². The normalized spacial score (nSPS) is 16.1. The average molecular weight is 549 g/mol. The molecule has 2 atom stereocenters. The standard InChI is InChI=1S/C30H33N7O.C2H3N/c1-20(2)36-16-14-25(34-36)24-18-37-28(27(24)21-9-5-4-6-10-21)30(32-17-22-12-13-23(22)19-38-3)33-29(35-37)26-11-7-8-15-31-26;1-2-3/h4-11,14-16,18,20,22-23H,12-13,17,19H2,1-3H3,(H,32,33,35);1H3. The predicted molar refractivity (Wildman–Crippen MR) is 161 cm³/mol. The fraction of sp³-hybridized carbons (Fsp3) is 0.344. The molecule has 9 heteroatoms. The Hall–Kier alpha value is -4.55. The Morgan fingerprint density at radius 2 is 1.78 bits per heavy atom. The lowest BCUT2D eigenvalue weighted by atomic mass is 9.74. The van der Waals surface area contributed by atoms with Crippen molar-refractivity contribution >= 4 is 11.3 Å². The van der Waals surface area contributed by atoms with Crippen molar-refractivity contribution in [3.8, 4) is 40.0 Å². The summed E-state index contributed by atoms with van der Waals surface area (Å²) in [5.74, 6) is 2.52. The first-order chi connectivity index (χ1) is 20.0. The van der Waals surface area contributed by atoms with Crippen LogP contribution >= 0.6 is 0 Å². The Balaban J connectivity index is 0.00000108. The Bertz CT molecular complexity index is 1620. The zero-order valence-corrected chi connectivity index (χ0v) is 24.0. The molecule has 1 aromatic carbocycles. The molecule has 0 bridgehead atoms. The van der Waals surface area contributed by atoms with Crippen LogP contribution in [0.3, 0.4) is 0 Å². The first-order valence-electron chi connectivity index (χ1n) is 14.0. The van der Waals surface area contributed by atoms with Crippen LogP contribution < -0.4 is 5.32 Å². The molecule has 210 valence electrons. The minimum absolute atomic E-state index is 0.274. The van der Waals surface area contributed by atoms with Crippen LogP contribution in [0.1, 0.15) is 39.7 Å². The molecule has 1 saturated carbocycles. The SMILES string of the molecule is CC#N.COCC1CCC1CNc1nc(-c2ccccn2)nn2cc(-c3ccn(C(C)C)n3)c(-c3ccccc3)c12. The van der Waals surface area contributed by atoms with Gasteiger partial charge in [-0.15, -0.1) is 5.10 Å². The number of nitrogens with zero attached hydrogens (tertiary/aromatic N) is 7. The third kappa shape index (κ3) is 5.98. The largest absolute Gasteiger partial charge is 0.384 e. The van der Waals surface area contributed by atoms with Crippen LogP contribution in [0.4, 0.5) is 5.82 Å². The molecule has 1 fully saturated rings. The van der Waals surface area contributed by atoms with Gasteiger partial charge in [-0.1, -0.05) is 36.4 Å². The number of rotatable bonds is 9. The second-order valence-corrected chi connectivity index (χ2v) is 10.5. The Kier molecular flexibility index (Phi) is 8.70. The molecule has 0 radical (unpaired) electrons. The summed E-state index contributed by atoms with van der Waals surface area (Å²) < 4.78 is 9.38. The van der Waals surface area contributed by atoms with Crippen LogP contribution in [0, 0.1) is 23.2 Å². The van der Waals surface area contributed by atoms with Crippen molar-refractivity contribution in [2.24, 2.45) is 11.8 Å². The average Bonchev–Trinajstić information content (AvgIpc) is 3.62. The van der Waals surface area contributed by atoms with Crippen LogP contribution in [0.15, 0.2) is 73.2 Å². The highest BCUT2D eigenvalue weighted by atomic mass is 16.5. The molecule has 9 nitrogen and oxygen atoms in total. The van der Waals surface area contributed by atoms with E-state index in [9.17, 15) is 0 Å². The van der Waals surface area contributed by atoms with Gasteiger partial charge in [0.05, 0.1) is 11.8 Å². The number of methoxy groups -OCH3 is 1. The number of fused-ring (bicyclic) bond motifs is 1. The Labute approximate surface area is 240 Å². The zero-order chi connectivity index (χ0) is 28.8. The molecule has 1 N–H and O–H groups in total. The minimum atomic E-state index is 0.274. The molecule has 41 heavy (non-hydrogen) atoms. The van der Waals surface area contributed by atoms with E-state index in [4.69, 9.17) is 25.2 Å². The summed E-state index contributed by atoms with van der Waals surface area (Å²) in [6.07, 6.45) is 8.28. The van der Waals surface area contributed by atoms with E-state index in [0.29, 0.717) is 17.7 Å². The van der Waals surface area contributed by atoms with E-state index in [1.54, 1.807) is 19.4 Å². The molecule has 1 aliphatic rings. The van der Waals surface area contributed by atoms with E-state index in [0.717, 1.165) is 52.6 Å². The van der Waals surface area contributed by atoms with Crippen LogP contribution in [0.25, 0.3) is 39.4 Å². The smallest absolute Gasteiger partial charge is 0.200 e. The van der Waals surface area contributed by atoms with Crippen molar-refractivity contribution in [2.45, 2.75) is 39.7 Å². The van der Waals surface area contributed by atoms with Gasteiger partial charge >= 0.3 is 0 Å². The molecule has 0 saturated heterocycles. The summed E-state index contributed by atoms with van der Waals surface area (Å²) in [6, 6.07) is 20.3. The number of anilines is 1. The van der Waals surface area contributed by atoms with Crippen molar-refractivity contribution in [3.05, 3.63) is 73.2 Å². The van der Waals surface area contributed by atoms with Gasteiger partial charge < -0.3 is 10.1 Å². The first kappa shape index (κ1) is 28.0. The number of nitriles is 1. The number of benzene rings is 1. The summed E-state index contributed by atoms with van der Waals surface area (Å²) in [5, 5.41) is 20.9. The third-order valence-corrected chi connectivity index (χ3v) is 7.49. The summed E-state index contributed by atoms with van der Waals surface area (Å²) in [6.45, 7) is 7.33. The molecule has 5 aromatic rings. The van der Waals surface area contributed by atoms with E-state index in [2.05, 4.69) is 60.7 Å². The van der Waals surface area contributed by atoms with Gasteiger partial charge in [0.15, 0.2) is 5.82 Å². The van der Waals surface area contributed by atoms with Gasteiger partial charge in [0, 0.05) is 62.9 Å². The van der Waals surface area contributed by atoms with Gasteiger partial charge in [-0.05, 0) is 62.3 Å². The van der Waals surface area contributed by atoms with E-state index < -0.39 is 0 Å². The second kappa shape index (κ2) is 12.7. The molecule has 6 rings (SSSR count). The highest BCUT2D eigenvalue weighted by Gasteiger charge is 2.31.